The Morgan fingerprint density at radius 2 is 1.64 bits per heavy atom. The number of halogens is 6. The fourth-order valence-electron chi connectivity index (χ4n) is 2.51. The number of aromatic carboxylic acids is 1. The van der Waals surface area contributed by atoms with Gasteiger partial charge in [0.1, 0.15) is 5.56 Å². The van der Waals surface area contributed by atoms with Gasteiger partial charge in [0.2, 0.25) is 0 Å². The first-order valence-corrected chi connectivity index (χ1v) is 7.52. The molecule has 0 fully saturated rings. The largest absolute Gasteiger partial charge is 0.478 e. The van der Waals surface area contributed by atoms with Crippen LogP contribution in [-0.4, -0.2) is 25.8 Å². The molecule has 0 atom stereocenters. The van der Waals surface area contributed by atoms with Gasteiger partial charge in [-0.2, -0.15) is 31.4 Å². The van der Waals surface area contributed by atoms with E-state index in [2.05, 4.69) is 10.1 Å². The fraction of sp³-hybridized carbons (Fsp3) is 0.118. The quantitative estimate of drug-likeness (QED) is 0.648. The molecule has 0 aliphatic heterocycles. The molecule has 1 aromatic carbocycles. The van der Waals surface area contributed by atoms with Crippen molar-refractivity contribution in [1.82, 2.24) is 14.8 Å². The van der Waals surface area contributed by atoms with Gasteiger partial charge in [-0.05, 0) is 24.3 Å². The van der Waals surface area contributed by atoms with Gasteiger partial charge >= 0.3 is 18.3 Å². The molecule has 0 aliphatic carbocycles. The number of benzene rings is 1. The molecule has 0 aliphatic rings. The topological polar surface area (TPSA) is 68.0 Å². The molecule has 11 heteroatoms. The van der Waals surface area contributed by atoms with Crippen molar-refractivity contribution < 1.29 is 36.2 Å². The lowest BCUT2D eigenvalue weighted by Gasteiger charge is -2.12. The Balaban J connectivity index is 2.13. The van der Waals surface area contributed by atoms with Crippen molar-refractivity contribution >= 4 is 5.97 Å². The van der Waals surface area contributed by atoms with Gasteiger partial charge in [-0.3, -0.25) is 0 Å². The first-order valence-electron chi connectivity index (χ1n) is 7.52. The lowest BCUT2D eigenvalue weighted by atomic mass is 10.1. The predicted octanol–water partition coefficient (Wildman–Crippen LogP) is 4.67. The predicted molar refractivity (Wildman–Crippen MR) is 83.8 cm³/mol. The van der Waals surface area contributed by atoms with Gasteiger partial charge in [0.25, 0.3) is 0 Å². The zero-order chi connectivity index (χ0) is 20.7. The van der Waals surface area contributed by atoms with E-state index in [0.29, 0.717) is 10.9 Å². The van der Waals surface area contributed by atoms with Gasteiger partial charge in [-0.15, -0.1) is 0 Å². The van der Waals surface area contributed by atoms with E-state index in [-0.39, 0.29) is 11.3 Å². The molecule has 0 amide bonds. The summed E-state index contributed by atoms with van der Waals surface area (Å²) >= 11 is 0. The van der Waals surface area contributed by atoms with Gasteiger partial charge in [0, 0.05) is 5.56 Å². The van der Waals surface area contributed by atoms with Crippen LogP contribution in [0.15, 0.2) is 48.7 Å². The molecule has 2 heterocycles. The van der Waals surface area contributed by atoms with E-state index in [0.717, 1.165) is 24.3 Å². The van der Waals surface area contributed by atoms with E-state index >= 15 is 0 Å². The Labute approximate surface area is 152 Å². The van der Waals surface area contributed by atoms with E-state index in [1.165, 1.54) is 18.2 Å². The van der Waals surface area contributed by atoms with Gasteiger partial charge in [-0.1, -0.05) is 18.2 Å². The fourth-order valence-corrected chi connectivity index (χ4v) is 2.51. The summed E-state index contributed by atoms with van der Waals surface area (Å²) in [6.45, 7) is 0. The lowest BCUT2D eigenvalue weighted by Crippen LogP contribution is -2.18. The van der Waals surface area contributed by atoms with Crippen LogP contribution in [-0.2, 0) is 12.4 Å². The van der Waals surface area contributed by atoms with Crippen molar-refractivity contribution in [2.75, 3.05) is 0 Å². The number of hydrogen-bond acceptors (Lipinski definition) is 3. The van der Waals surface area contributed by atoms with E-state index in [1.54, 1.807) is 0 Å². The average molecular weight is 401 g/mol. The molecule has 0 saturated carbocycles. The molecule has 5 nitrogen and oxygen atoms in total. The third-order valence-corrected chi connectivity index (χ3v) is 3.71. The number of aromatic nitrogens is 3. The molecule has 1 N–H and O–H groups in total. The zero-order valence-corrected chi connectivity index (χ0v) is 13.6. The normalized spacial score (nSPS) is 12.2. The first kappa shape index (κ1) is 19.4. The summed E-state index contributed by atoms with van der Waals surface area (Å²) in [5, 5.41) is 12.4. The highest BCUT2D eigenvalue weighted by Crippen LogP contribution is 2.34. The summed E-state index contributed by atoms with van der Waals surface area (Å²) in [7, 11) is 0. The third kappa shape index (κ3) is 3.68. The monoisotopic (exact) mass is 401 g/mol. The van der Waals surface area contributed by atoms with Crippen LogP contribution >= 0.6 is 0 Å². The van der Waals surface area contributed by atoms with Crippen LogP contribution in [0, 0.1) is 0 Å². The SMILES string of the molecule is O=C(O)c1cnn(-c2cccc(-c3cccc(C(F)(F)F)c3)n2)c1C(F)(F)F. The molecule has 146 valence electrons. The Morgan fingerprint density at radius 3 is 2.25 bits per heavy atom. The van der Waals surface area contributed by atoms with E-state index in [1.807, 2.05) is 0 Å². The number of hydrogen-bond donors (Lipinski definition) is 1. The number of pyridine rings is 1. The van der Waals surface area contributed by atoms with Crippen molar-refractivity contribution in [3.63, 3.8) is 0 Å². The van der Waals surface area contributed by atoms with Crippen LogP contribution in [0.5, 0.6) is 0 Å². The van der Waals surface area contributed by atoms with E-state index < -0.39 is 41.0 Å². The van der Waals surface area contributed by atoms with Crippen LogP contribution in [0.1, 0.15) is 21.6 Å². The van der Waals surface area contributed by atoms with E-state index in [4.69, 9.17) is 5.11 Å². The summed E-state index contributed by atoms with van der Waals surface area (Å²) in [4.78, 5) is 15.0. The molecule has 28 heavy (non-hydrogen) atoms. The minimum atomic E-state index is -5.04. The third-order valence-electron chi connectivity index (χ3n) is 3.71. The molecule has 0 bridgehead atoms. The van der Waals surface area contributed by atoms with Crippen molar-refractivity contribution in [3.8, 4) is 17.1 Å². The van der Waals surface area contributed by atoms with Crippen molar-refractivity contribution in [3.05, 3.63) is 65.5 Å². The van der Waals surface area contributed by atoms with Crippen molar-refractivity contribution in [2.45, 2.75) is 12.4 Å². The lowest BCUT2D eigenvalue weighted by molar-refractivity contribution is -0.143. The van der Waals surface area contributed by atoms with Crippen LogP contribution in [0.2, 0.25) is 0 Å². The standard InChI is InChI=1S/C17H9F6N3O2/c18-16(19,20)10-4-1-3-9(7-10)12-5-2-6-13(25-12)26-14(17(21,22)23)11(8-24-26)15(27)28/h1-8H,(H,27,28). The Morgan fingerprint density at radius 1 is 0.964 bits per heavy atom. The molecule has 0 unspecified atom stereocenters. The molecule has 0 radical (unpaired) electrons. The van der Waals surface area contributed by atoms with Crippen molar-refractivity contribution in [2.24, 2.45) is 0 Å². The first-order chi connectivity index (χ1) is 13.0. The molecule has 0 spiro atoms. The van der Waals surface area contributed by atoms with Gasteiger partial charge in [0.05, 0.1) is 17.5 Å². The smallest absolute Gasteiger partial charge is 0.434 e. The summed E-state index contributed by atoms with van der Waals surface area (Å²) in [6.07, 6.45) is -9.11. The van der Waals surface area contributed by atoms with Gasteiger partial charge in [-0.25, -0.2) is 14.5 Å². The van der Waals surface area contributed by atoms with Gasteiger partial charge < -0.3 is 5.11 Å². The Hall–Kier alpha value is -3.37. The second kappa shape index (κ2) is 6.66. The number of carboxylic acid groups (broad SMARTS) is 1. The van der Waals surface area contributed by atoms with Crippen LogP contribution in [0.3, 0.4) is 0 Å². The number of carbonyl (C=O) groups is 1. The highest BCUT2D eigenvalue weighted by Gasteiger charge is 2.41. The number of rotatable bonds is 3. The van der Waals surface area contributed by atoms with Crippen LogP contribution in [0.4, 0.5) is 26.3 Å². The number of nitrogens with zero attached hydrogens (tertiary/aromatic N) is 3. The summed E-state index contributed by atoms with van der Waals surface area (Å²) < 4.78 is 78.9. The highest BCUT2D eigenvalue weighted by molar-refractivity contribution is 5.89. The van der Waals surface area contributed by atoms with E-state index in [9.17, 15) is 31.1 Å². The molecule has 3 aromatic rings. The molecular formula is C17H9F6N3O2. The molecule has 0 saturated heterocycles. The van der Waals surface area contributed by atoms with Crippen LogP contribution < -0.4 is 0 Å². The zero-order valence-electron chi connectivity index (χ0n) is 13.6. The summed E-state index contributed by atoms with van der Waals surface area (Å²) in [5.41, 5.74) is -3.58. The van der Waals surface area contributed by atoms with Gasteiger partial charge in [0.15, 0.2) is 11.5 Å². The maximum atomic E-state index is 13.3. The minimum absolute atomic E-state index is 0.0239. The Bertz CT molecular complexity index is 1040. The number of carboxylic acids is 1. The second-order valence-corrected chi connectivity index (χ2v) is 5.58. The second-order valence-electron chi connectivity index (χ2n) is 5.58. The molecular weight excluding hydrogens is 392 g/mol. The molecule has 2 aromatic heterocycles. The van der Waals surface area contributed by atoms with Crippen LogP contribution in [0.25, 0.3) is 17.1 Å². The molecule has 3 rings (SSSR count). The summed E-state index contributed by atoms with van der Waals surface area (Å²) in [5.74, 6) is -2.22. The summed E-state index contributed by atoms with van der Waals surface area (Å²) in [6, 6.07) is 7.84. The maximum absolute atomic E-state index is 13.3. The minimum Gasteiger partial charge on any atom is -0.478 e. The maximum Gasteiger partial charge on any atom is 0.434 e. The average Bonchev–Trinajstić information content (AvgIpc) is 3.07. The Kier molecular flexibility index (Phi) is 4.61. The van der Waals surface area contributed by atoms with Crippen molar-refractivity contribution in [1.29, 1.82) is 0 Å². The number of alkyl halides is 6. The highest BCUT2D eigenvalue weighted by atomic mass is 19.4.